The summed E-state index contributed by atoms with van der Waals surface area (Å²) in [5, 5.41) is 6.28. The minimum atomic E-state index is 0.0500. The molecule has 1 N–H and O–H groups in total. The SMILES string of the molecule is Cc1cc(Cl)ccc1NC(=O)CCN(Cc1cccc2ccccc12)C1CC1. The lowest BCUT2D eigenvalue weighted by atomic mass is 10.0. The topological polar surface area (TPSA) is 32.3 Å². The molecule has 0 bridgehead atoms. The average Bonchev–Trinajstić information content (AvgIpc) is 3.53. The first-order valence-electron chi connectivity index (χ1n) is 9.87. The second-order valence-electron chi connectivity index (χ2n) is 7.60. The zero-order valence-electron chi connectivity index (χ0n) is 16.1. The number of anilines is 1. The number of rotatable bonds is 7. The predicted octanol–water partition coefficient (Wildman–Crippen LogP) is 5.79. The first-order chi connectivity index (χ1) is 13.6. The Balaban J connectivity index is 1.41. The van der Waals surface area contributed by atoms with Crippen LogP contribution in [0.15, 0.2) is 60.7 Å². The minimum absolute atomic E-state index is 0.0500. The molecule has 1 amide bonds. The van der Waals surface area contributed by atoms with Gasteiger partial charge < -0.3 is 5.32 Å². The van der Waals surface area contributed by atoms with Crippen LogP contribution in [0, 0.1) is 6.92 Å². The Morgan fingerprint density at radius 3 is 2.68 bits per heavy atom. The van der Waals surface area contributed by atoms with Gasteiger partial charge in [-0.25, -0.2) is 0 Å². The Bertz CT molecular complexity index is 992. The maximum atomic E-state index is 12.5. The van der Waals surface area contributed by atoms with Gasteiger partial charge in [0, 0.05) is 36.3 Å². The van der Waals surface area contributed by atoms with E-state index < -0.39 is 0 Å². The van der Waals surface area contributed by atoms with Gasteiger partial charge in [0.15, 0.2) is 0 Å². The number of amides is 1. The molecule has 1 saturated carbocycles. The molecule has 3 nitrogen and oxygen atoms in total. The highest BCUT2D eigenvalue weighted by molar-refractivity contribution is 6.30. The molecular weight excluding hydrogens is 368 g/mol. The fraction of sp³-hybridized carbons (Fsp3) is 0.292. The maximum Gasteiger partial charge on any atom is 0.225 e. The van der Waals surface area contributed by atoms with E-state index in [4.69, 9.17) is 11.6 Å². The van der Waals surface area contributed by atoms with E-state index in [1.54, 1.807) is 6.07 Å². The number of hydrogen-bond acceptors (Lipinski definition) is 2. The highest BCUT2D eigenvalue weighted by Crippen LogP contribution is 2.30. The van der Waals surface area contributed by atoms with Crippen molar-refractivity contribution in [3.63, 3.8) is 0 Å². The number of nitrogens with one attached hydrogen (secondary N) is 1. The van der Waals surface area contributed by atoms with Crippen molar-refractivity contribution < 1.29 is 4.79 Å². The predicted molar refractivity (Wildman–Crippen MR) is 117 cm³/mol. The van der Waals surface area contributed by atoms with E-state index in [2.05, 4.69) is 52.7 Å². The van der Waals surface area contributed by atoms with Gasteiger partial charge in [-0.05, 0) is 59.9 Å². The van der Waals surface area contributed by atoms with Crippen LogP contribution in [0.1, 0.15) is 30.4 Å². The molecule has 3 aromatic rings. The van der Waals surface area contributed by atoms with Gasteiger partial charge in [-0.3, -0.25) is 9.69 Å². The first-order valence-corrected chi connectivity index (χ1v) is 10.2. The van der Waals surface area contributed by atoms with Gasteiger partial charge in [0.2, 0.25) is 5.91 Å². The van der Waals surface area contributed by atoms with E-state index in [1.807, 2.05) is 19.1 Å². The fourth-order valence-electron chi connectivity index (χ4n) is 3.70. The van der Waals surface area contributed by atoms with Gasteiger partial charge in [-0.2, -0.15) is 0 Å². The molecule has 4 heteroatoms. The summed E-state index contributed by atoms with van der Waals surface area (Å²) in [4.78, 5) is 14.9. The highest BCUT2D eigenvalue weighted by Gasteiger charge is 2.29. The van der Waals surface area contributed by atoms with Crippen LogP contribution in [-0.4, -0.2) is 23.4 Å². The van der Waals surface area contributed by atoms with E-state index in [-0.39, 0.29) is 5.91 Å². The van der Waals surface area contributed by atoms with Crippen molar-refractivity contribution in [2.75, 3.05) is 11.9 Å². The van der Waals surface area contributed by atoms with Gasteiger partial charge in [0.1, 0.15) is 0 Å². The summed E-state index contributed by atoms with van der Waals surface area (Å²) in [7, 11) is 0. The monoisotopic (exact) mass is 392 g/mol. The lowest BCUT2D eigenvalue weighted by Gasteiger charge is -2.23. The van der Waals surface area contributed by atoms with Crippen molar-refractivity contribution in [2.24, 2.45) is 0 Å². The molecule has 144 valence electrons. The second kappa shape index (κ2) is 8.34. The lowest BCUT2D eigenvalue weighted by Crippen LogP contribution is -2.29. The Labute approximate surface area is 171 Å². The van der Waals surface area contributed by atoms with Crippen LogP contribution >= 0.6 is 11.6 Å². The molecule has 0 radical (unpaired) electrons. The third-order valence-corrected chi connectivity index (χ3v) is 5.64. The molecule has 1 aliphatic rings. The lowest BCUT2D eigenvalue weighted by molar-refractivity contribution is -0.116. The average molecular weight is 393 g/mol. The number of carbonyl (C=O) groups is 1. The number of halogens is 1. The molecule has 0 unspecified atom stereocenters. The molecule has 1 fully saturated rings. The van der Waals surface area contributed by atoms with Crippen molar-refractivity contribution >= 4 is 34.0 Å². The van der Waals surface area contributed by atoms with E-state index in [1.165, 1.54) is 29.2 Å². The standard InChI is InChI=1S/C24H25ClN2O/c1-17-15-20(25)9-12-23(17)26-24(28)13-14-27(21-10-11-21)16-19-7-4-6-18-5-2-3-8-22(18)19/h2-9,12,15,21H,10-11,13-14,16H2,1H3,(H,26,28). The van der Waals surface area contributed by atoms with Gasteiger partial charge in [0.25, 0.3) is 0 Å². The van der Waals surface area contributed by atoms with Crippen molar-refractivity contribution in [2.45, 2.75) is 38.8 Å². The number of benzene rings is 3. The minimum Gasteiger partial charge on any atom is -0.326 e. The number of aryl methyl sites for hydroxylation is 1. The van der Waals surface area contributed by atoms with E-state index >= 15 is 0 Å². The zero-order chi connectivity index (χ0) is 19.5. The smallest absolute Gasteiger partial charge is 0.225 e. The largest absolute Gasteiger partial charge is 0.326 e. The zero-order valence-corrected chi connectivity index (χ0v) is 16.9. The van der Waals surface area contributed by atoms with Gasteiger partial charge in [0.05, 0.1) is 0 Å². The summed E-state index contributed by atoms with van der Waals surface area (Å²) in [6.07, 6.45) is 2.94. The van der Waals surface area contributed by atoms with E-state index in [0.717, 1.165) is 24.3 Å². The Morgan fingerprint density at radius 1 is 1.11 bits per heavy atom. The molecule has 0 aromatic heterocycles. The number of fused-ring (bicyclic) bond motifs is 1. The summed E-state index contributed by atoms with van der Waals surface area (Å²) in [5.74, 6) is 0.0500. The van der Waals surface area contributed by atoms with Crippen LogP contribution in [0.5, 0.6) is 0 Å². The Kier molecular flexibility index (Phi) is 5.65. The molecule has 0 spiro atoms. The quantitative estimate of drug-likeness (QED) is 0.551. The van der Waals surface area contributed by atoms with Crippen molar-refractivity contribution in [1.29, 1.82) is 0 Å². The molecule has 0 aliphatic heterocycles. The van der Waals surface area contributed by atoms with Crippen LogP contribution in [0.25, 0.3) is 10.8 Å². The van der Waals surface area contributed by atoms with Gasteiger partial charge in [-0.15, -0.1) is 0 Å². The number of carbonyl (C=O) groups excluding carboxylic acids is 1. The van der Waals surface area contributed by atoms with Crippen LogP contribution < -0.4 is 5.32 Å². The number of hydrogen-bond donors (Lipinski definition) is 1. The number of nitrogens with zero attached hydrogens (tertiary/aromatic N) is 1. The van der Waals surface area contributed by atoms with E-state index in [0.29, 0.717) is 17.5 Å². The fourth-order valence-corrected chi connectivity index (χ4v) is 3.93. The van der Waals surface area contributed by atoms with Crippen LogP contribution in [0.3, 0.4) is 0 Å². The molecule has 0 heterocycles. The maximum absolute atomic E-state index is 12.5. The summed E-state index contributed by atoms with van der Waals surface area (Å²) in [6, 6.07) is 21.1. The van der Waals surface area contributed by atoms with Crippen molar-refractivity contribution in [3.05, 3.63) is 76.8 Å². The molecule has 28 heavy (non-hydrogen) atoms. The summed E-state index contributed by atoms with van der Waals surface area (Å²) in [5.41, 5.74) is 3.15. The summed E-state index contributed by atoms with van der Waals surface area (Å²) < 4.78 is 0. The molecule has 0 saturated heterocycles. The summed E-state index contributed by atoms with van der Waals surface area (Å²) in [6.45, 7) is 3.62. The van der Waals surface area contributed by atoms with Crippen LogP contribution in [0.4, 0.5) is 5.69 Å². The summed E-state index contributed by atoms with van der Waals surface area (Å²) >= 11 is 6.00. The van der Waals surface area contributed by atoms with Crippen molar-refractivity contribution in [1.82, 2.24) is 4.90 Å². The third kappa shape index (κ3) is 4.54. The van der Waals surface area contributed by atoms with Crippen LogP contribution in [0.2, 0.25) is 5.02 Å². The molecule has 3 aromatic carbocycles. The van der Waals surface area contributed by atoms with E-state index in [9.17, 15) is 4.79 Å². The third-order valence-electron chi connectivity index (χ3n) is 5.41. The second-order valence-corrected chi connectivity index (χ2v) is 8.03. The Hall–Kier alpha value is -2.36. The van der Waals surface area contributed by atoms with Gasteiger partial charge >= 0.3 is 0 Å². The normalized spacial score (nSPS) is 13.8. The highest BCUT2D eigenvalue weighted by atomic mass is 35.5. The van der Waals surface area contributed by atoms with Gasteiger partial charge in [-0.1, -0.05) is 54.1 Å². The Morgan fingerprint density at radius 2 is 1.89 bits per heavy atom. The first kappa shape index (κ1) is 19.0. The van der Waals surface area contributed by atoms with Crippen LogP contribution in [-0.2, 0) is 11.3 Å². The molecular formula is C24H25ClN2O. The van der Waals surface area contributed by atoms with Crippen molar-refractivity contribution in [3.8, 4) is 0 Å². The molecule has 0 atom stereocenters. The molecule has 1 aliphatic carbocycles. The molecule has 4 rings (SSSR count).